The van der Waals surface area contributed by atoms with E-state index in [1.807, 2.05) is 26.0 Å². The summed E-state index contributed by atoms with van der Waals surface area (Å²) >= 11 is 3.50. The molecule has 98 valence electrons. The predicted molar refractivity (Wildman–Crippen MR) is 77.8 cm³/mol. The third kappa shape index (κ3) is 2.68. The van der Waals surface area contributed by atoms with Gasteiger partial charge in [-0.15, -0.1) is 0 Å². The highest BCUT2D eigenvalue weighted by molar-refractivity contribution is 9.10. The number of nitrogens with zero attached hydrogens (tertiary/aromatic N) is 1. The molecule has 1 aromatic carbocycles. The standard InChI is InChI=1S/C15H14BrNO2/c1-9-7-11(8-10(2)13(9)16)15(18)14-12(19-3)5-4-6-17-14/h4-8H,1-3H3. The molecule has 1 heterocycles. The van der Waals surface area contributed by atoms with Gasteiger partial charge in [0.1, 0.15) is 5.75 Å². The zero-order chi connectivity index (χ0) is 14.0. The first-order chi connectivity index (χ1) is 9.04. The Kier molecular flexibility index (Phi) is 4.00. The number of pyridine rings is 1. The summed E-state index contributed by atoms with van der Waals surface area (Å²) in [4.78, 5) is 16.6. The third-order valence-corrected chi connectivity index (χ3v) is 4.16. The van der Waals surface area contributed by atoms with Gasteiger partial charge in [0, 0.05) is 16.2 Å². The molecular formula is C15H14BrNO2. The van der Waals surface area contributed by atoms with Crippen LogP contribution in [0.5, 0.6) is 5.75 Å². The molecule has 0 fully saturated rings. The van der Waals surface area contributed by atoms with Gasteiger partial charge in [-0.05, 0) is 49.2 Å². The minimum atomic E-state index is -0.129. The molecule has 2 rings (SSSR count). The van der Waals surface area contributed by atoms with Crippen LogP contribution in [0.2, 0.25) is 0 Å². The van der Waals surface area contributed by atoms with E-state index in [0.29, 0.717) is 17.0 Å². The summed E-state index contributed by atoms with van der Waals surface area (Å²) in [7, 11) is 1.53. The Bertz CT molecular complexity index is 615. The number of hydrogen-bond acceptors (Lipinski definition) is 3. The van der Waals surface area contributed by atoms with Crippen molar-refractivity contribution in [3.63, 3.8) is 0 Å². The minimum absolute atomic E-state index is 0.129. The van der Waals surface area contributed by atoms with Gasteiger partial charge >= 0.3 is 0 Å². The first kappa shape index (κ1) is 13.7. The highest BCUT2D eigenvalue weighted by atomic mass is 79.9. The van der Waals surface area contributed by atoms with Crippen molar-refractivity contribution < 1.29 is 9.53 Å². The van der Waals surface area contributed by atoms with Crippen molar-refractivity contribution in [3.05, 3.63) is 57.3 Å². The maximum Gasteiger partial charge on any atom is 0.215 e. The summed E-state index contributed by atoms with van der Waals surface area (Å²) in [6.45, 7) is 3.92. The van der Waals surface area contributed by atoms with E-state index in [1.54, 1.807) is 18.3 Å². The molecule has 0 amide bonds. The van der Waals surface area contributed by atoms with Crippen LogP contribution in [-0.2, 0) is 0 Å². The van der Waals surface area contributed by atoms with Crippen LogP contribution in [0.1, 0.15) is 27.2 Å². The lowest BCUT2D eigenvalue weighted by Crippen LogP contribution is -2.07. The van der Waals surface area contributed by atoms with Gasteiger partial charge in [0.2, 0.25) is 5.78 Å². The number of ketones is 1. The molecule has 0 aliphatic heterocycles. The fourth-order valence-corrected chi connectivity index (χ4v) is 2.17. The van der Waals surface area contributed by atoms with E-state index >= 15 is 0 Å². The SMILES string of the molecule is COc1cccnc1C(=O)c1cc(C)c(Br)c(C)c1. The van der Waals surface area contributed by atoms with Crippen molar-refractivity contribution >= 4 is 21.7 Å². The summed E-state index contributed by atoms with van der Waals surface area (Å²) < 4.78 is 6.20. The van der Waals surface area contributed by atoms with Crippen LogP contribution in [0, 0.1) is 13.8 Å². The number of carbonyl (C=O) groups is 1. The molecule has 0 N–H and O–H groups in total. The summed E-state index contributed by atoms with van der Waals surface area (Å²) in [5.41, 5.74) is 3.01. The molecular weight excluding hydrogens is 306 g/mol. The quantitative estimate of drug-likeness (QED) is 0.810. The van der Waals surface area contributed by atoms with E-state index < -0.39 is 0 Å². The van der Waals surface area contributed by atoms with E-state index in [4.69, 9.17) is 4.74 Å². The molecule has 0 saturated carbocycles. The average Bonchev–Trinajstić information content (AvgIpc) is 2.43. The molecule has 1 aromatic heterocycles. The van der Waals surface area contributed by atoms with Gasteiger partial charge < -0.3 is 4.74 Å². The van der Waals surface area contributed by atoms with Gasteiger partial charge in [-0.1, -0.05) is 15.9 Å². The molecule has 0 spiro atoms. The average molecular weight is 320 g/mol. The zero-order valence-electron chi connectivity index (χ0n) is 11.0. The predicted octanol–water partition coefficient (Wildman–Crippen LogP) is 3.70. The smallest absolute Gasteiger partial charge is 0.215 e. The number of halogens is 1. The second-order valence-electron chi connectivity index (χ2n) is 4.31. The maximum absolute atomic E-state index is 12.5. The van der Waals surface area contributed by atoms with Crippen LogP contribution in [-0.4, -0.2) is 17.9 Å². The number of aromatic nitrogens is 1. The fourth-order valence-electron chi connectivity index (χ4n) is 1.94. The lowest BCUT2D eigenvalue weighted by molar-refractivity contribution is 0.103. The Morgan fingerprint density at radius 3 is 2.47 bits per heavy atom. The first-order valence-electron chi connectivity index (χ1n) is 5.85. The summed E-state index contributed by atoms with van der Waals surface area (Å²) in [5, 5.41) is 0. The molecule has 0 bridgehead atoms. The maximum atomic E-state index is 12.5. The van der Waals surface area contributed by atoms with Crippen LogP contribution in [0.4, 0.5) is 0 Å². The van der Waals surface area contributed by atoms with E-state index in [-0.39, 0.29) is 5.78 Å². The van der Waals surface area contributed by atoms with Crippen molar-refractivity contribution in [2.75, 3.05) is 7.11 Å². The number of benzene rings is 1. The molecule has 3 nitrogen and oxygen atoms in total. The molecule has 0 atom stereocenters. The Balaban J connectivity index is 2.50. The van der Waals surface area contributed by atoms with Gasteiger partial charge in [0.15, 0.2) is 5.69 Å². The molecule has 4 heteroatoms. The Morgan fingerprint density at radius 1 is 1.26 bits per heavy atom. The number of aryl methyl sites for hydroxylation is 2. The van der Waals surface area contributed by atoms with E-state index in [0.717, 1.165) is 15.6 Å². The molecule has 0 aliphatic rings. The molecule has 0 unspecified atom stereocenters. The number of hydrogen-bond donors (Lipinski definition) is 0. The van der Waals surface area contributed by atoms with Gasteiger partial charge in [0.05, 0.1) is 7.11 Å². The number of carbonyl (C=O) groups excluding carboxylic acids is 1. The van der Waals surface area contributed by atoms with Gasteiger partial charge in [-0.25, -0.2) is 4.98 Å². The number of methoxy groups -OCH3 is 1. The third-order valence-electron chi connectivity index (χ3n) is 2.90. The van der Waals surface area contributed by atoms with E-state index in [1.165, 1.54) is 7.11 Å². The van der Waals surface area contributed by atoms with Crippen LogP contribution < -0.4 is 4.74 Å². The van der Waals surface area contributed by atoms with Crippen LogP contribution in [0.3, 0.4) is 0 Å². The molecule has 2 aromatic rings. The molecule has 19 heavy (non-hydrogen) atoms. The fraction of sp³-hybridized carbons (Fsp3) is 0.200. The zero-order valence-corrected chi connectivity index (χ0v) is 12.6. The second kappa shape index (κ2) is 5.53. The normalized spacial score (nSPS) is 10.3. The topological polar surface area (TPSA) is 39.2 Å². The summed E-state index contributed by atoms with van der Waals surface area (Å²) in [5.74, 6) is 0.363. The van der Waals surface area contributed by atoms with Crippen molar-refractivity contribution in [2.45, 2.75) is 13.8 Å². The largest absolute Gasteiger partial charge is 0.494 e. The molecule has 0 saturated heterocycles. The van der Waals surface area contributed by atoms with Crippen molar-refractivity contribution in [1.29, 1.82) is 0 Å². The molecule has 0 aliphatic carbocycles. The first-order valence-corrected chi connectivity index (χ1v) is 6.64. The Hall–Kier alpha value is -1.68. The van der Waals surface area contributed by atoms with E-state index in [9.17, 15) is 4.79 Å². The second-order valence-corrected chi connectivity index (χ2v) is 5.10. The number of rotatable bonds is 3. The summed E-state index contributed by atoms with van der Waals surface area (Å²) in [6.07, 6.45) is 1.59. The lowest BCUT2D eigenvalue weighted by atomic mass is 10.0. The Labute approximate surface area is 120 Å². The Morgan fingerprint density at radius 2 is 1.89 bits per heavy atom. The lowest BCUT2D eigenvalue weighted by Gasteiger charge is -2.09. The monoisotopic (exact) mass is 319 g/mol. The van der Waals surface area contributed by atoms with Crippen LogP contribution in [0.15, 0.2) is 34.9 Å². The minimum Gasteiger partial charge on any atom is -0.494 e. The molecule has 0 radical (unpaired) electrons. The van der Waals surface area contributed by atoms with Gasteiger partial charge in [-0.2, -0.15) is 0 Å². The van der Waals surface area contributed by atoms with Crippen molar-refractivity contribution in [3.8, 4) is 5.75 Å². The highest BCUT2D eigenvalue weighted by Crippen LogP contribution is 2.25. The van der Waals surface area contributed by atoms with Gasteiger partial charge in [-0.3, -0.25) is 4.79 Å². The van der Waals surface area contributed by atoms with Gasteiger partial charge in [0.25, 0.3) is 0 Å². The van der Waals surface area contributed by atoms with Crippen LogP contribution in [0.25, 0.3) is 0 Å². The summed E-state index contributed by atoms with van der Waals surface area (Å²) in [6, 6.07) is 7.19. The highest BCUT2D eigenvalue weighted by Gasteiger charge is 2.17. The van der Waals surface area contributed by atoms with Crippen LogP contribution >= 0.6 is 15.9 Å². The van der Waals surface area contributed by atoms with Crippen molar-refractivity contribution in [1.82, 2.24) is 4.98 Å². The van der Waals surface area contributed by atoms with E-state index in [2.05, 4.69) is 20.9 Å². The number of ether oxygens (including phenoxy) is 1. The van der Waals surface area contributed by atoms with Crippen molar-refractivity contribution in [2.24, 2.45) is 0 Å².